The van der Waals surface area contributed by atoms with E-state index in [1.165, 1.54) is 42.7 Å². The summed E-state index contributed by atoms with van der Waals surface area (Å²) in [4.78, 5) is 60.8. The van der Waals surface area contributed by atoms with E-state index in [4.69, 9.17) is 0 Å². The maximum atomic E-state index is 12.3. The highest BCUT2D eigenvalue weighted by Crippen LogP contribution is 2.10. The lowest BCUT2D eigenvalue weighted by atomic mass is 10.1. The number of carbonyl (C=O) groups excluding carboxylic acids is 4. The van der Waals surface area contributed by atoms with Gasteiger partial charge in [0.05, 0.1) is 12.8 Å². The summed E-state index contributed by atoms with van der Waals surface area (Å²) in [5, 5.41) is 0. The van der Waals surface area contributed by atoms with Crippen LogP contribution in [0.5, 0.6) is 0 Å². The van der Waals surface area contributed by atoms with E-state index in [0.717, 1.165) is 0 Å². The predicted molar refractivity (Wildman–Crippen MR) is 99.3 cm³/mol. The molecule has 0 N–H and O–H groups in total. The van der Waals surface area contributed by atoms with Crippen LogP contribution in [-0.2, 0) is 0 Å². The van der Waals surface area contributed by atoms with Crippen LogP contribution >= 0.6 is 0 Å². The van der Waals surface area contributed by atoms with Crippen LogP contribution in [0.1, 0.15) is 54.8 Å². The summed E-state index contributed by atoms with van der Waals surface area (Å²) >= 11 is 0. The minimum Gasteiger partial charge on any atom is -0.292 e. The third-order valence-corrected chi connectivity index (χ3v) is 3.86. The van der Waals surface area contributed by atoms with Gasteiger partial charge in [-0.3, -0.25) is 29.1 Å². The topological polar surface area (TPSA) is 107 Å². The second-order valence-electron chi connectivity index (χ2n) is 5.88. The van der Waals surface area contributed by atoms with E-state index >= 15 is 0 Å². The first kappa shape index (κ1) is 18.9. The van der Waals surface area contributed by atoms with E-state index in [0.29, 0.717) is 0 Å². The van der Waals surface area contributed by atoms with Gasteiger partial charge in [-0.2, -0.15) is 0 Å². The van der Waals surface area contributed by atoms with Gasteiger partial charge in [0.15, 0.2) is 23.1 Å². The first-order chi connectivity index (χ1) is 13.5. The van der Waals surface area contributed by atoms with Crippen molar-refractivity contribution in [3.8, 4) is 0 Å². The summed E-state index contributed by atoms with van der Waals surface area (Å²) in [5.41, 5.74) is 0.342. The second kappa shape index (κ2) is 8.68. The van der Waals surface area contributed by atoms with Gasteiger partial charge >= 0.3 is 0 Å². The zero-order chi connectivity index (χ0) is 19.9. The lowest BCUT2D eigenvalue weighted by molar-refractivity contribution is 0.0879. The molecule has 3 aromatic rings. The highest BCUT2D eigenvalue weighted by molar-refractivity contribution is 6.14. The molecule has 0 amide bonds. The molecule has 28 heavy (non-hydrogen) atoms. The molecular formula is C21H15N3O4. The molecule has 0 fully saturated rings. The number of rotatable bonds is 8. The molecule has 3 aromatic heterocycles. The number of pyridine rings is 3. The van der Waals surface area contributed by atoms with E-state index in [1.54, 1.807) is 24.3 Å². The summed E-state index contributed by atoms with van der Waals surface area (Å²) in [7, 11) is 0. The number of aromatic nitrogens is 3. The van der Waals surface area contributed by atoms with Crippen molar-refractivity contribution < 1.29 is 19.2 Å². The lowest BCUT2D eigenvalue weighted by Crippen LogP contribution is -2.15. The van der Waals surface area contributed by atoms with Crippen molar-refractivity contribution >= 4 is 23.1 Å². The normalized spacial score (nSPS) is 10.3. The van der Waals surface area contributed by atoms with Crippen molar-refractivity contribution in [2.45, 2.75) is 12.8 Å². The highest BCUT2D eigenvalue weighted by Gasteiger charge is 2.19. The minimum absolute atomic E-state index is 0.0135. The van der Waals surface area contributed by atoms with Gasteiger partial charge in [-0.1, -0.05) is 18.2 Å². The number of carbonyl (C=O) groups is 4. The summed E-state index contributed by atoms with van der Waals surface area (Å²) in [5.74, 6) is -1.92. The molecular weight excluding hydrogens is 358 g/mol. The third kappa shape index (κ3) is 4.64. The minimum atomic E-state index is -0.527. The van der Waals surface area contributed by atoms with Gasteiger partial charge < -0.3 is 0 Å². The van der Waals surface area contributed by atoms with Crippen LogP contribution in [0.4, 0.5) is 0 Å². The van der Waals surface area contributed by atoms with Crippen LogP contribution in [-0.4, -0.2) is 38.1 Å². The first-order valence-corrected chi connectivity index (χ1v) is 8.46. The summed E-state index contributed by atoms with van der Waals surface area (Å²) in [6, 6.07) is 14.0. The molecule has 0 aliphatic rings. The van der Waals surface area contributed by atoms with Gasteiger partial charge in [-0.15, -0.1) is 0 Å². The van der Waals surface area contributed by atoms with Crippen molar-refractivity contribution in [1.29, 1.82) is 0 Å². The Hall–Kier alpha value is -3.87. The molecule has 0 saturated carbocycles. The molecule has 0 unspecified atom stereocenters. The quantitative estimate of drug-likeness (QED) is 0.441. The molecule has 0 atom stereocenters. The average Bonchev–Trinajstić information content (AvgIpc) is 2.75. The Morgan fingerprint density at radius 1 is 0.536 bits per heavy atom. The van der Waals surface area contributed by atoms with E-state index < -0.39 is 36.0 Å². The molecule has 0 aromatic carbocycles. The van der Waals surface area contributed by atoms with Gasteiger partial charge in [0.25, 0.3) is 0 Å². The molecule has 0 spiro atoms. The van der Waals surface area contributed by atoms with Crippen molar-refractivity contribution in [3.63, 3.8) is 0 Å². The van der Waals surface area contributed by atoms with Crippen LogP contribution in [0.15, 0.2) is 67.0 Å². The molecule has 0 saturated heterocycles. The maximum absolute atomic E-state index is 12.3. The molecule has 0 aliphatic heterocycles. The summed E-state index contributed by atoms with van der Waals surface area (Å²) in [6.07, 6.45) is 2.12. The van der Waals surface area contributed by atoms with Crippen LogP contribution in [0, 0.1) is 0 Å². The number of ketones is 4. The average molecular weight is 373 g/mol. The smallest absolute Gasteiger partial charge is 0.188 e. The first-order valence-electron chi connectivity index (χ1n) is 8.46. The SMILES string of the molecule is O=C(CC(=O)c1cccc(C(=O)CC(=O)c2ccccn2)n1)c1ccccn1. The van der Waals surface area contributed by atoms with E-state index in [1.807, 2.05) is 0 Å². The number of nitrogens with zero attached hydrogens (tertiary/aromatic N) is 3. The monoisotopic (exact) mass is 373 g/mol. The van der Waals surface area contributed by atoms with Crippen LogP contribution in [0.25, 0.3) is 0 Å². The van der Waals surface area contributed by atoms with Crippen LogP contribution in [0.3, 0.4) is 0 Å². The van der Waals surface area contributed by atoms with Crippen molar-refractivity contribution in [2.24, 2.45) is 0 Å². The molecule has 7 heteroatoms. The highest BCUT2D eigenvalue weighted by atomic mass is 16.2. The fraction of sp³-hybridized carbons (Fsp3) is 0.0952. The fourth-order valence-corrected chi connectivity index (χ4v) is 2.45. The van der Waals surface area contributed by atoms with Crippen molar-refractivity contribution in [3.05, 3.63) is 89.8 Å². The van der Waals surface area contributed by atoms with Gasteiger partial charge in [0.1, 0.15) is 22.8 Å². The molecule has 0 radical (unpaired) electrons. The van der Waals surface area contributed by atoms with Crippen LogP contribution < -0.4 is 0 Å². The molecule has 138 valence electrons. The molecule has 3 rings (SSSR count). The van der Waals surface area contributed by atoms with Gasteiger partial charge in [-0.25, -0.2) is 4.98 Å². The Morgan fingerprint density at radius 2 is 0.929 bits per heavy atom. The fourth-order valence-electron chi connectivity index (χ4n) is 2.45. The Kier molecular flexibility index (Phi) is 5.86. The molecule has 0 aliphatic carbocycles. The van der Waals surface area contributed by atoms with Crippen molar-refractivity contribution in [1.82, 2.24) is 15.0 Å². The largest absolute Gasteiger partial charge is 0.292 e. The summed E-state index contributed by atoms with van der Waals surface area (Å²) < 4.78 is 0. The predicted octanol–water partition coefficient (Wildman–Crippen LogP) is 2.78. The van der Waals surface area contributed by atoms with E-state index in [-0.39, 0.29) is 22.8 Å². The Morgan fingerprint density at radius 3 is 1.32 bits per heavy atom. The maximum Gasteiger partial charge on any atom is 0.188 e. The molecule has 7 nitrogen and oxygen atoms in total. The second-order valence-corrected chi connectivity index (χ2v) is 5.88. The zero-order valence-corrected chi connectivity index (χ0v) is 14.7. The van der Waals surface area contributed by atoms with Gasteiger partial charge in [0, 0.05) is 12.4 Å². The summed E-state index contributed by atoms with van der Waals surface area (Å²) in [6.45, 7) is 0. The standard InChI is InChI=1S/C21H15N3O4/c25-18(14-6-1-3-10-22-14)12-20(27)16-8-5-9-17(24-16)21(28)13-19(26)15-7-2-4-11-23-15/h1-11H,12-13H2. The molecule has 0 bridgehead atoms. The molecule has 3 heterocycles. The Labute approximate surface area is 160 Å². The Bertz CT molecular complexity index is 953. The number of hydrogen-bond acceptors (Lipinski definition) is 7. The van der Waals surface area contributed by atoms with Gasteiger partial charge in [0.2, 0.25) is 0 Å². The Balaban J connectivity index is 1.69. The third-order valence-electron chi connectivity index (χ3n) is 3.86. The number of hydrogen-bond donors (Lipinski definition) is 0. The van der Waals surface area contributed by atoms with Gasteiger partial charge in [-0.05, 0) is 36.4 Å². The van der Waals surface area contributed by atoms with E-state index in [2.05, 4.69) is 15.0 Å². The van der Waals surface area contributed by atoms with Crippen LogP contribution in [0.2, 0.25) is 0 Å². The number of Topliss-reactive ketones (excluding diaryl/α,β-unsaturated/α-hetero) is 4. The van der Waals surface area contributed by atoms with E-state index in [9.17, 15) is 19.2 Å². The zero-order valence-electron chi connectivity index (χ0n) is 14.7. The van der Waals surface area contributed by atoms with Crippen molar-refractivity contribution in [2.75, 3.05) is 0 Å². The lowest BCUT2D eigenvalue weighted by Gasteiger charge is -2.04.